The third kappa shape index (κ3) is 5.98. The average molecular weight is 421 g/mol. The molecule has 0 aliphatic rings. The topological polar surface area (TPSA) is 87.5 Å². The lowest BCUT2D eigenvalue weighted by molar-refractivity contribution is -0.120. The Morgan fingerprint density at radius 1 is 1.28 bits per heavy atom. The number of benzene rings is 1. The fraction of sp³-hybridized carbons (Fsp3) is 0.450. The van der Waals surface area contributed by atoms with Gasteiger partial charge in [0.15, 0.2) is 22.5 Å². The Hall–Kier alpha value is -2.52. The third-order valence-electron chi connectivity index (χ3n) is 4.16. The fourth-order valence-electron chi connectivity index (χ4n) is 2.66. The lowest BCUT2D eigenvalue weighted by Gasteiger charge is -2.14. The highest BCUT2D eigenvalue weighted by Gasteiger charge is 2.21. The highest BCUT2D eigenvalue weighted by Crippen LogP contribution is 2.33. The number of carbonyl (C=O) groups excluding carboxylic acids is 1. The quantitative estimate of drug-likeness (QED) is 0.321. The summed E-state index contributed by atoms with van der Waals surface area (Å²) in [5, 5.41) is 11.9. The van der Waals surface area contributed by atoms with Crippen molar-refractivity contribution in [3.63, 3.8) is 0 Å². The zero-order valence-corrected chi connectivity index (χ0v) is 18.1. The van der Waals surface area contributed by atoms with Crippen LogP contribution >= 0.6 is 11.8 Å². The van der Waals surface area contributed by atoms with Crippen LogP contribution in [0.1, 0.15) is 13.3 Å². The van der Waals surface area contributed by atoms with Crippen LogP contribution in [0.2, 0.25) is 0 Å². The first-order valence-electron chi connectivity index (χ1n) is 9.25. The second-order valence-electron chi connectivity index (χ2n) is 6.17. The van der Waals surface area contributed by atoms with Crippen LogP contribution < -0.4 is 14.8 Å². The number of aromatic nitrogens is 3. The monoisotopic (exact) mass is 420 g/mol. The maximum Gasteiger partial charge on any atom is 0.233 e. The predicted octanol–water partition coefficient (Wildman–Crippen LogP) is 2.78. The molecule has 2 rings (SSSR count). The van der Waals surface area contributed by atoms with E-state index in [-0.39, 0.29) is 11.2 Å². The van der Waals surface area contributed by atoms with Crippen LogP contribution in [0.15, 0.2) is 36.0 Å². The average Bonchev–Trinajstić information content (AvgIpc) is 3.13. The first-order valence-corrected chi connectivity index (χ1v) is 10.1. The second-order valence-corrected chi connectivity index (χ2v) is 7.48. The van der Waals surface area contributed by atoms with E-state index in [4.69, 9.17) is 14.2 Å². The second kappa shape index (κ2) is 11.5. The van der Waals surface area contributed by atoms with Gasteiger partial charge < -0.3 is 24.1 Å². The smallest absolute Gasteiger partial charge is 0.233 e. The molecule has 0 radical (unpaired) electrons. The first kappa shape index (κ1) is 22.8. The molecule has 8 nitrogen and oxygen atoms in total. The zero-order valence-electron chi connectivity index (χ0n) is 17.3. The zero-order chi connectivity index (χ0) is 21.2. The summed E-state index contributed by atoms with van der Waals surface area (Å²) in [5.74, 6) is 1.88. The number of hydrogen-bond donors (Lipinski definition) is 1. The summed E-state index contributed by atoms with van der Waals surface area (Å²) in [4.78, 5) is 12.2. The molecule has 0 saturated heterocycles. The molecule has 158 valence electrons. The van der Waals surface area contributed by atoms with E-state index in [1.807, 2.05) is 29.7 Å². The lowest BCUT2D eigenvalue weighted by atomic mass is 10.2. The van der Waals surface area contributed by atoms with Crippen molar-refractivity contribution in [2.24, 2.45) is 0 Å². The number of rotatable bonds is 12. The molecule has 0 aliphatic heterocycles. The van der Waals surface area contributed by atoms with Crippen LogP contribution in [0, 0.1) is 0 Å². The molecule has 1 unspecified atom stereocenters. The number of nitrogens with one attached hydrogen (secondary N) is 1. The largest absolute Gasteiger partial charge is 0.493 e. The van der Waals surface area contributed by atoms with Gasteiger partial charge in [0.05, 0.1) is 19.5 Å². The number of nitrogens with zero attached hydrogens (tertiary/aromatic N) is 3. The van der Waals surface area contributed by atoms with Crippen molar-refractivity contribution >= 4 is 17.7 Å². The maximum absolute atomic E-state index is 12.2. The highest BCUT2D eigenvalue weighted by molar-refractivity contribution is 8.00. The van der Waals surface area contributed by atoms with E-state index >= 15 is 0 Å². The summed E-state index contributed by atoms with van der Waals surface area (Å²) >= 11 is 1.37. The summed E-state index contributed by atoms with van der Waals surface area (Å²) in [5.41, 5.74) is 0.850. The van der Waals surface area contributed by atoms with Crippen molar-refractivity contribution in [3.05, 3.63) is 30.9 Å². The van der Waals surface area contributed by atoms with Crippen molar-refractivity contribution in [2.75, 3.05) is 34.5 Å². The van der Waals surface area contributed by atoms with Gasteiger partial charge in [-0.2, -0.15) is 0 Å². The van der Waals surface area contributed by atoms with Gasteiger partial charge in [0.25, 0.3) is 0 Å². The number of ether oxygens (including phenoxy) is 3. The van der Waals surface area contributed by atoms with E-state index in [1.165, 1.54) is 11.8 Å². The molecule has 0 fully saturated rings. The Balaban J connectivity index is 2.33. The predicted molar refractivity (Wildman–Crippen MR) is 114 cm³/mol. The third-order valence-corrected chi connectivity index (χ3v) is 5.24. The van der Waals surface area contributed by atoms with Gasteiger partial charge in [0.2, 0.25) is 5.91 Å². The Bertz CT molecular complexity index is 825. The number of hydrogen-bond acceptors (Lipinski definition) is 7. The van der Waals surface area contributed by atoms with Crippen molar-refractivity contribution in [3.8, 4) is 22.9 Å². The molecule has 0 aliphatic carbocycles. The number of carbonyl (C=O) groups is 1. The molecule has 1 aromatic heterocycles. The standard InChI is InChI=1S/C20H28N4O4S/c1-6-10-21-19(25)14(2)29-20-23-22-18(24(20)11-7-12-26-3)15-8-9-16(27-4)17(13-15)28-5/h6,8-9,13-14H,1,7,10-12H2,2-5H3,(H,21,25). The molecule has 2 aromatic rings. The molecule has 1 amide bonds. The van der Waals surface area contributed by atoms with E-state index in [1.54, 1.807) is 27.4 Å². The van der Waals surface area contributed by atoms with E-state index in [2.05, 4.69) is 22.1 Å². The fourth-order valence-corrected chi connectivity index (χ4v) is 3.56. The van der Waals surface area contributed by atoms with E-state index in [0.29, 0.717) is 42.2 Å². The number of methoxy groups -OCH3 is 3. The molecule has 1 aromatic carbocycles. The Morgan fingerprint density at radius 2 is 2.03 bits per heavy atom. The molecule has 9 heteroatoms. The molecule has 0 bridgehead atoms. The van der Waals surface area contributed by atoms with Crippen LogP contribution in [0.3, 0.4) is 0 Å². The minimum absolute atomic E-state index is 0.0750. The lowest BCUT2D eigenvalue weighted by Crippen LogP contribution is -2.31. The minimum atomic E-state index is -0.321. The maximum atomic E-state index is 12.2. The molecule has 0 spiro atoms. The van der Waals surface area contributed by atoms with Crippen LogP contribution in [0.4, 0.5) is 0 Å². The highest BCUT2D eigenvalue weighted by atomic mass is 32.2. The molecule has 29 heavy (non-hydrogen) atoms. The van der Waals surface area contributed by atoms with Crippen molar-refractivity contribution < 1.29 is 19.0 Å². The van der Waals surface area contributed by atoms with Crippen molar-refractivity contribution in [1.29, 1.82) is 0 Å². The van der Waals surface area contributed by atoms with Gasteiger partial charge in [-0.25, -0.2) is 0 Å². The summed E-state index contributed by atoms with van der Waals surface area (Å²) in [6.07, 6.45) is 2.44. The normalized spacial score (nSPS) is 11.7. The number of amides is 1. The Morgan fingerprint density at radius 3 is 2.69 bits per heavy atom. The van der Waals surface area contributed by atoms with Crippen LogP contribution in [-0.4, -0.2) is 60.4 Å². The van der Waals surface area contributed by atoms with Gasteiger partial charge in [-0.15, -0.1) is 16.8 Å². The van der Waals surface area contributed by atoms with E-state index in [0.717, 1.165) is 12.0 Å². The van der Waals surface area contributed by atoms with Gasteiger partial charge >= 0.3 is 0 Å². The Labute approximate surface area is 175 Å². The van der Waals surface area contributed by atoms with Gasteiger partial charge in [-0.3, -0.25) is 4.79 Å². The Kier molecular flexibility index (Phi) is 9.01. The van der Waals surface area contributed by atoms with Crippen molar-refractivity contribution in [2.45, 2.75) is 30.3 Å². The molecule has 0 saturated carbocycles. The van der Waals surface area contributed by atoms with Crippen molar-refractivity contribution in [1.82, 2.24) is 20.1 Å². The van der Waals surface area contributed by atoms with Gasteiger partial charge in [0, 0.05) is 32.4 Å². The summed E-state index contributed by atoms with van der Waals surface area (Å²) in [7, 11) is 4.86. The van der Waals surface area contributed by atoms with Gasteiger partial charge in [-0.05, 0) is 31.5 Å². The van der Waals surface area contributed by atoms with E-state index in [9.17, 15) is 4.79 Å². The summed E-state index contributed by atoms with van der Waals surface area (Å²) in [6.45, 7) is 7.16. The summed E-state index contributed by atoms with van der Waals surface area (Å²) < 4.78 is 17.9. The minimum Gasteiger partial charge on any atom is -0.493 e. The summed E-state index contributed by atoms with van der Waals surface area (Å²) in [6, 6.07) is 5.61. The molecular formula is C20H28N4O4S. The van der Waals surface area contributed by atoms with Gasteiger partial charge in [0.1, 0.15) is 0 Å². The van der Waals surface area contributed by atoms with E-state index < -0.39 is 0 Å². The first-order chi connectivity index (χ1) is 14.0. The van der Waals surface area contributed by atoms with Crippen LogP contribution in [-0.2, 0) is 16.1 Å². The SMILES string of the molecule is C=CCNC(=O)C(C)Sc1nnc(-c2ccc(OC)c(OC)c2)n1CCCOC. The van der Waals surface area contributed by atoms with Crippen LogP contribution in [0.5, 0.6) is 11.5 Å². The van der Waals surface area contributed by atoms with Crippen LogP contribution in [0.25, 0.3) is 11.4 Å². The van der Waals surface area contributed by atoms with Gasteiger partial charge in [-0.1, -0.05) is 17.8 Å². The molecule has 1 N–H and O–H groups in total. The number of thioether (sulfide) groups is 1. The molecule has 1 atom stereocenters. The molecular weight excluding hydrogens is 392 g/mol. The molecule has 1 heterocycles.